The summed E-state index contributed by atoms with van der Waals surface area (Å²) in [6.45, 7) is 1.80. The molecule has 0 aliphatic carbocycles. The molecule has 0 unspecified atom stereocenters. The van der Waals surface area contributed by atoms with Gasteiger partial charge in [-0.05, 0) is 31.2 Å². The predicted molar refractivity (Wildman–Crippen MR) is 72.5 cm³/mol. The first kappa shape index (κ1) is 11.5. The molecule has 0 aliphatic rings. The number of benzene rings is 2. The van der Waals surface area contributed by atoms with Gasteiger partial charge in [0, 0.05) is 5.56 Å². The van der Waals surface area contributed by atoms with Crippen LogP contribution in [0.2, 0.25) is 0 Å². The zero-order valence-electron chi connectivity index (χ0n) is 10.4. The molecule has 0 radical (unpaired) electrons. The minimum absolute atomic E-state index is 0.205. The van der Waals surface area contributed by atoms with Crippen molar-refractivity contribution in [1.82, 2.24) is 9.97 Å². The van der Waals surface area contributed by atoms with Gasteiger partial charge in [0.1, 0.15) is 17.8 Å². The number of aromatic hydroxyl groups is 1. The molecule has 0 spiro atoms. The van der Waals surface area contributed by atoms with E-state index in [0.29, 0.717) is 17.2 Å². The zero-order valence-corrected chi connectivity index (χ0v) is 10.4. The number of hydrogen-bond donors (Lipinski definition) is 1. The summed E-state index contributed by atoms with van der Waals surface area (Å²) in [7, 11) is 0. The predicted octanol–water partition coefficient (Wildman–Crippen LogP) is 3.44. The molecule has 0 saturated carbocycles. The highest BCUT2D eigenvalue weighted by Gasteiger charge is 2.09. The van der Waals surface area contributed by atoms with Crippen molar-refractivity contribution in [3.8, 4) is 17.4 Å². The van der Waals surface area contributed by atoms with E-state index in [9.17, 15) is 5.11 Å². The third-order valence-electron chi connectivity index (χ3n) is 2.97. The van der Waals surface area contributed by atoms with Crippen LogP contribution in [-0.2, 0) is 0 Å². The Balaban J connectivity index is 2.09. The van der Waals surface area contributed by atoms with E-state index in [1.807, 2.05) is 24.3 Å². The minimum Gasteiger partial charge on any atom is -0.508 e. The van der Waals surface area contributed by atoms with Crippen molar-refractivity contribution in [2.24, 2.45) is 0 Å². The fourth-order valence-corrected chi connectivity index (χ4v) is 1.88. The Bertz CT molecular complexity index is 736. The van der Waals surface area contributed by atoms with Crippen molar-refractivity contribution >= 4 is 10.9 Å². The number of ether oxygens (including phenoxy) is 1. The molecule has 4 heteroatoms. The molecule has 1 N–H and O–H groups in total. The van der Waals surface area contributed by atoms with Gasteiger partial charge in [0.25, 0.3) is 0 Å². The number of phenols is 1. The van der Waals surface area contributed by atoms with Crippen molar-refractivity contribution in [1.29, 1.82) is 0 Å². The third-order valence-corrected chi connectivity index (χ3v) is 2.97. The van der Waals surface area contributed by atoms with Crippen molar-refractivity contribution in [2.45, 2.75) is 6.92 Å². The van der Waals surface area contributed by atoms with Crippen LogP contribution in [0, 0.1) is 6.92 Å². The second kappa shape index (κ2) is 4.57. The summed E-state index contributed by atoms with van der Waals surface area (Å²) in [6.07, 6.45) is 1.47. The molecule has 1 heterocycles. The van der Waals surface area contributed by atoms with Crippen molar-refractivity contribution < 1.29 is 9.84 Å². The van der Waals surface area contributed by atoms with Gasteiger partial charge < -0.3 is 9.84 Å². The standard InChI is InChI=1S/C15H12N2O2/c1-10-13(18)7-4-8-14(10)19-15-11-5-2-3-6-12(11)16-9-17-15/h2-9,18H,1H3. The van der Waals surface area contributed by atoms with E-state index < -0.39 is 0 Å². The first-order valence-corrected chi connectivity index (χ1v) is 5.92. The molecule has 3 rings (SSSR count). The Morgan fingerprint density at radius 3 is 2.74 bits per heavy atom. The van der Waals surface area contributed by atoms with Crippen LogP contribution in [0.1, 0.15) is 5.56 Å². The number of nitrogens with zero attached hydrogens (tertiary/aromatic N) is 2. The Kier molecular flexibility index (Phi) is 2.76. The first-order chi connectivity index (χ1) is 9.25. The van der Waals surface area contributed by atoms with E-state index in [1.165, 1.54) is 6.33 Å². The maximum absolute atomic E-state index is 9.68. The summed E-state index contributed by atoms with van der Waals surface area (Å²) < 4.78 is 5.79. The second-order valence-electron chi connectivity index (χ2n) is 4.20. The van der Waals surface area contributed by atoms with Gasteiger partial charge in [-0.25, -0.2) is 9.97 Å². The van der Waals surface area contributed by atoms with Gasteiger partial charge in [0.15, 0.2) is 0 Å². The monoisotopic (exact) mass is 252 g/mol. The summed E-state index contributed by atoms with van der Waals surface area (Å²) in [5.74, 6) is 1.28. The molecule has 2 aromatic carbocycles. The maximum atomic E-state index is 9.68. The fraction of sp³-hybridized carbons (Fsp3) is 0.0667. The van der Waals surface area contributed by atoms with E-state index in [2.05, 4.69) is 9.97 Å². The molecule has 1 aromatic heterocycles. The lowest BCUT2D eigenvalue weighted by molar-refractivity contribution is 0.442. The van der Waals surface area contributed by atoms with Crippen LogP contribution in [0.4, 0.5) is 0 Å². The first-order valence-electron chi connectivity index (χ1n) is 5.92. The van der Waals surface area contributed by atoms with E-state index in [4.69, 9.17) is 4.74 Å². The molecule has 0 amide bonds. The van der Waals surface area contributed by atoms with Gasteiger partial charge in [-0.15, -0.1) is 0 Å². The molecule has 0 fully saturated rings. The summed E-state index contributed by atoms with van der Waals surface area (Å²) in [6, 6.07) is 12.8. The highest BCUT2D eigenvalue weighted by atomic mass is 16.5. The highest BCUT2D eigenvalue weighted by Crippen LogP contribution is 2.31. The highest BCUT2D eigenvalue weighted by molar-refractivity contribution is 5.83. The van der Waals surface area contributed by atoms with Gasteiger partial charge in [-0.2, -0.15) is 0 Å². The lowest BCUT2D eigenvalue weighted by atomic mass is 10.2. The van der Waals surface area contributed by atoms with E-state index in [1.54, 1.807) is 25.1 Å². The Hall–Kier alpha value is -2.62. The Morgan fingerprint density at radius 1 is 1.00 bits per heavy atom. The molecule has 94 valence electrons. The molecular formula is C15H12N2O2. The molecule has 0 atom stereocenters. The van der Waals surface area contributed by atoms with Crippen LogP contribution >= 0.6 is 0 Å². The van der Waals surface area contributed by atoms with Crippen LogP contribution < -0.4 is 4.74 Å². The summed E-state index contributed by atoms with van der Waals surface area (Å²) in [5.41, 5.74) is 1.51. The molecular weight excluding hydrogens is 240 g/mol. The largest absolute Gasteiger partial charge is 0.508 e. The normalized spacial score (nSPS) is 10.6. The van der Waals surface area contributed by atoms with Crippen LogP contribution in [-0.4, -0.2) is 15.1 Å². The quantitative estimate of drug-likeness (QED) is 0.759. The fourth-order valence-electron chi connectivity index (χ4n) is 1.88. The second-order valence-corrected chi connectivity index (χ2v) is 4.20. The average molecular weight is 252 g/mol. The number of phenolic OH excluding ortho intramolecular Hbond substituents is 1. The molecule has 0 aliphatic heterocycles. The van der Waals surface area contributed by atoms with Crippen molar-refractivity contribution in [2.75, 3.05) is 0 Å². The van der Waals surface area contributed by atoms with Crippen LogP contribution in [0.25, 0.3) is 10.9 Å². The van der Waals surface area contributed by atoms with Gasteiger partial charge in [-0.1, -0.05) is 18.2 Å². The minimum atomic E-state index is 0.205. The SMILES string of the molecule is Cc1c(O)cccc1Oc1ncnc2ccccc12. The third kappa shape index (κ3) is 2.08. The zero-order chi connectivity index (χ0) is 13.2. The van der Waals surface area contributed by atoms with E-state index in [-0.39, 0.29) is 5.75 Å². The lowest BCUT2D eigenvalue weighted by Gasteiger charge is -2.10. The van der Waals surface area contributed by atoms with E-state index in [0.717, 1.165) is 10.9 Å². The number of fused-ring (bicyclic) bond motifs is 1. The van der Waals surface area contributed by atoms with Crippen LogP contribution in [0.5, 0.6) is 17.4 Å². The molecule has 19 heavy (non-hydrogen) atoms. The summed E-state index contributed by atoms with van der Waals surface area (Å²) >= 11 is 0. The van der Waals surface area contributed by atoms with Crippen LogP contribution in [0.15, 0.2) is 48.8 Å². The van der Waals surface area contributed by atoms with Crippen molar-refractivity contribution in [3.63, 3.8) is 0 Å². The molecule has 0 bridgehead atoms. The average Bonchev–Trinajstić information content (AvgIpc) is 2.44. The Labute approximate surface area is 110 Å². The number of rotatable bonds is 2. The maximum Gasteiger partial charge on any atom is 0.230 e. The van der Waals surface area contributed by atoms with Gasteiger partial charge in [0.05, 0.1) is 10.9 Å². The lowest BCUT2D eigenvalue weighted by Crippen LogP contribution is -1.93. The van der Waals surface area contributed by atoms with Gasteiger partial charge >= 0.3 is 0 Å². The number of hydrogen-bond acceptors (Lipinski definition) is 4. The summed E-state index contributed by atoms with van der Waals surface area (Å²) in [5, 5.41) is 10.5. The van der Waals surface area contributed by atoms with Crippen LogP contribution in [0.3, 0.4) is 0 Å². The molecule has 4 nitrogen and oxygen atoms in total. The molecule has 0 saturated heterocycles. The topological polar surface area (TPSA) is 55.2 Å². The number of para-hydroxylation sites is 1. The smallest absolute Gasteiger partial charge is 0.230 e. The van der Waals surface area contributed by atoms with Gasteiger partial charge in [-0.3, -0.25) is 0 Å². The Morgan fingerprint density at radius 2 is 1.84 bits per heavy atom. The van der Waals surface area contributed by atoms with Gasteiger partial charge in [0.2, 0.25) is 5.88 Å². The summed E-state index contributed by atoms with van der Waals surface area (Å²) in [4.78, 5) is 8.34. The molecule has 3 aromatic rings. The van der Waals surface area contributed by atoms with Crippen molar-refractivity contribution in [3.05, 3.63) is 54.4 Å². The van der Waals surface area contributed by atoms with E-state index >= 15 is 0 Å². The number of aromatic nitrogens is 2.